The van der Waals surface area contributed by atoms with Crippen LogP contribution in [-0.4, -0.2) is 29.3 Å². The van der Waals surface area contributed by atoms with Crippen LogP contribution in [0.4, 0.5) is 34.1 Å². The van der Waals surface area contributed by atoms with Gasteiger partial charge in [0.1, 0.15) is 23.3 Å². The van der Waals surface area contributed by atoms with Crippen LogP contribution in [0.3, 0.4) is 0 Å². The largest absolute Gasteiger partial charge is 0.467 e. The Morgan fingerprint density at radius 3 is 1.33 bits per heavy atom. The van der Waals surface area contributed by atoms with Crippen LogP contribution in [0.5, 0.6) is 11.5 Å². The van der Waals surface area contributed by atoms with E-state index in [1.165, 1.54) is 12.2 Å². The van der Waals surface area contributed by atoms with Gasteiger partial charge in [0.15, 0.2) is 30.3 Å². The van der Waals surface area contributed by atoms with Crippen molar-refractivity contribution in [3.05, 3.63) is 202 Å². The van der Waals surface area contributed by atoms with Crippen LogP contribution in [0.1, 0.15) is 11.1 Å². The minimum Gasteiger partial charge on any atom is -0.467 e. The molecule has 60 heavy (non-hydrogen) atoms. The molecule has 10 nitrogen and oxygen atoms in total. The normalized spacial score (nSPS) is 14.6. The number of benzene rings is 6. The number of anilines is 6. The van der Waals surface area contributed by atoms with Gasteiger partial charge in [-0.2, -0.15) is 5.26 Å². The summed E-state index contributed by atoms with van der Waals surface area (Å²) in [6.45, 7) is 7.45. The van der Waals surface area contributed by atoms with Crippen molar-refractivity contribution < 1.29 is 26.3 Å². The molecule has 0 spiro atoms. The Morgan fingerprint density at radius 1 is 0.533 bits per heavy atom. The van der Waals surface area contributed by atoms with Crippen LogP contribution in [0.2, 0.25) is 0 Å². The summed E-state index contributed by atoms with van der Waals surface area (Å²) in [5, 5.41) is 9.13. The van der Waals surface area contributed by atoms with Crippen molar-refractivity contribution in [1.82, 2.24) is 0 Å². The SMILES string of the molecule is [C-]#[N+]C(=C1C=Cc2ccc(N(c3ccccc3)c3ccc(-c4ccc(N(c5ccccc5)c5ccc6c(c5)OC(=C(C#N)S(C)(=O)=O)C=C6)cc4)cc3)cc2O1)S(C)(=O)=O. The molecular formula is C48H34N4O6S2. The molecule has 0 radical (unpaired) electrons. The van der Waals surface area contributed by atoms with Gasteiger partial charge in [-0.25, -0.2) is 21.7 Å². The average Bonchev–Trinajstić information content (AvgIpc) is 3.24. The number of allylic oxidation sites excluding steroid dienone is 3. The van der Waals surface area contributed by atoms with Crippen LogP contribution < -0.4 is 19.3 Å². The van der Waals surface area contributed by atoms with Gasteiger partial charge in [-0.1, -0.05) is 60.7 Å². The number of fused-ring (bicyclic) bond motifs is 2. The molecule has 0 atom stereocenters. The third-order valence-electron chi connectivity index (χ3n) is 9.75. The number of hydrogen-bond acceptors (Lipinski definition) is 9. The van der Waals surface area contributed by atoms with Crippen molar-refractivity contribution in [3.63, 3.8) is 0 Å². The first kappa shape index (κ1) is 39.2. The summed E-state index contributed by atoms with van der Waals surface area (Å²) >= 11 is 0. The van der Waals surface area contributed by atoms with Crippen molar-refractivity contribution in [3.8, 4) is 28.7 Å². The number of hydrogen-bond donors (Lipinski definition) is 0. The molecule has 6 aromatic rings. The first-order valence-corrected chi connectivity index (χ1v) is 22.3. The van der Waals surface area contributed by atoms with E-state index in [0.29, 0.717) is 11.5 Å². The summed E-state index contributed by atoms with van der Waals surface area (Å²) in [6.07, 6.45) is 8.44. The molecule has 0 saturated carbocycles. The number of ether oxygens (including phenoxy) is 2. The lowest BCUT2D eigenvalue weighted by Crippen LogP contribution is -2.12. The number of nitriles is 1. The zero-order valence-corrected chi connectivity index (χ0v) is 33.9. The van der Waals surface area contributed by atoms with Gasteiger partial charge in [0, 0.05) is 69.9 Å². The smallest absolute Gasteiger partial charge is 0.319 e. The topological polar surface area (TPSA) is 121 Å². The molecule has 0 amide bonds. The van der Waals surface area contributed by atoms with Crippen LogP contribution >= 0.6 is 0 Å². The highest BCUT2D eigenvalue weighted by Crippen LogP contribution is 2.42. The van der Waals surface area contributed by atoms with Crippen LogP contribution in [0, 0.1) is 17.9 Å². The van der Waals surface area contributed by atoms with Crippen molar-refractivity contribution >= 4 is 66.0 Å². The second kappa shape index (κ2) is 16.0. The lowest BCUT2D eigenvalue weighted by atomic mass is 10.0. The zero-order chi connectivity index (χ0) is 42.0. The van der Waals surface area contributed by atoms with Gasteiger partial charge in [-0.15, -0.1) is 0 Å². The van der Waals surface area contributed by atoms with Gasteiger partial charge in [-0.05, 0) is 108 Å². The molecular weight excluding hydrogens is 793 g/mol. The minimum absolute atomic E-state index is 0.0205. The molecule has 0 N–H and O–H groups in total. The molecule has 2 heterocycles. The average molecular weight is 827 g/mol. The van der Waals surface area contributed by atoms with E-state index in [1.54, 1.807) is 18.2 Å². The van der Waals surface area contributed by atoms with Crippen molar-refractivity contribution in [1.29, 1.82) is 5.26 Å². The lowest BCUT2D eigenvalue weighted by molar-refractivity contribution is 0.437. The molecule has 8 rings (SSSR count). The third kappa shape index (κ3) is 7.93. The van der Waals surface area contributed by atoms with Crippen LogP contribution in [0.15, 0.2) is 179 Å². The predicted octanol–water partition coefficient (Wildman–Crippen LogP) is 11.0. The molecule has 0 unspecified atom stereocenters. The maximum atomic E-state index is 12.3. The summed E-state index contributed by atoms with van der Waals surface area (Å²) < 4.78 is 61.2. The number of para-hydroxylation sites is 2. The molecule has 12 heteroatoms. The molecule has 2 aliphatic heterocycles. The lowest BCUT2D eigenvalue weighted by Gasteiger charge is -2.27. The van der Waals surface area contributed by atoms with E-state index < -0.39 is 29.6 Å². The Morgan fingerprint density at radius 2 is 0.933 bits per heavy atom. The van der Waals surface area contributed by atoms with Crippen molar-refractivity contribution in [2.45, 2.75) is 0 Å². The Balaban J connectivity index is 1.11. The minimum atomic E-state index is -3.80. The maximum absolute atomic E-state index is 12.3. The molecule has 294 valence electrons. The zero-order valence-electron chi connectivity index (χ0n) is 32.2. The van der Waals surface area contributed by atoms with E-state index in [2.05, 4.69) is 14.6 Å². The maximum Gasteiger partial charge on any atom is 0.319 e. The summed E-state index contributed by atoms with van der Waals surface area (Å²) in [7, 11) is -7.60. The second-order valence-corrected chi connectivity index (χ2v) is 17.8. The quantitative estimate of drug-likeness (QED) is 0.104. The highest BCUT2D eigenvalue weighted by Gasteiger charge is 2.25. The molecule has 0 saturated heterocycles. The van der Waals surface area contributed by atoms with E-state index in [9.17, 15) is 22.1 Å². The van der Waals surface area contributed by atoms with Gasteiger partial charge in [-0.3, -0.25) is 0 Å². The van der Waals surface area contributed by atoms with Gasteiger partial charge in [0.05, 0.1) is 6.57 Å². The molecule has 0 aromatic heterocycles. The van der Waals surface area contributed by atoms with Crippen molar-refractivity contribution in [2.24, 2.45) is 0 Å². The second-order valence-electron chi connectivity index (χ2n) is 13.9. The van der Waals surface area contributed by atoms with E-state index in [0.717, 1.165) is 68.9 Å². The van der Waals surface area contributed by atoms with E-state index in [4.69, 9.17) is 16.0 Å². The van der Waals surface area contributed by atoms with Gasteiger partial charge >= 0.3 is 5.03 Å². The van der Waals surface area contributed by atoms with Crippen LogP contribution in [-0.2, 0) is 19.7 Å². The predicted molar refractivity (Wildman–Crippen MR) is 237 cm³/mol. The first-order chi connectivity index (χ1) is 28.9. The Bertz CT molecular complexity index is 2880. The summed E-state index contributed by atoms with van der Waals surface area (Å²) in [5.41, 5.74) is 8.53. The summed E-state index contributed by atoms with van der Waals surface area (Å²) in [4.78, 5) is 6.94. The Labute approximate surface area is 348 Å². The van der Waals surface area contributed by atoms with Crippen molar-refractivity contribution in [2.75, 3.05) is 22.3 Å². The summed E-state index contributed by atoms with van der Waals surface area (Å²) in [6, 6.07) is 49.1. The Hall–Kier alpha value is -7.64. The fourth-order valence-corrected chi connectivity index (χ4v) is 8.23. The highest BCUT2D eigenvalue weighted by atomic mass is 32.2. The number of nitrogens with zero attached hydrogens (tertiary/aromatic N) is 4. The van der Waals surface area contributed by atoms with E-state index in [-0.39, 0.29) is 11.5 Å². The van der Waals surface area contributed by atoms with Gasteiger partial charge in [0.2, 0.25) is 0 Å². The standard InChI is InChI=1S/C48H34N4O6S2/c1-50-48(60(3,55)56)44-29-21-36-19-27-42(31-46(36)58-44)52(38-12-8-5-9-13-38)40-24-16-34(17-25-40)33-14-22-39(23-15-33)51(37-10-6-4-7-11-37)41-26-18-35-20-28-43(57-45(35)30-41)47(32-49)59(2,53)54/h4-31H,2-3H3. The molecule has 0 fully saturated rings. The third-order valence-corrected chi connectivity index (χ3v) is 11.8. The number of sulfone groups is 2. The van der Waals surface area contributed by atoms with E-state index in [1.807, 2.05) is 146 Å². The molecule has 6 aromatic carbocycles. The molecule has 0 bridgehead atoms. The van der Waals surface area contributed by atoms with Gasteiger partial charge in [0.25, 0.3) is 0 Å². The number of rotatable bonds is 9. The highest BCUT2D eigenvalue weighted by molar-refractivity contribution is 7.95. The molecule has 0 aliphatic carbocycles. The fraction of sp³-hybridized carbons (Fsp3) is 0.0417. The Kier molecular flexibility index (Phi) is 10.4. The molecule has 2 aliphatic rings. The van der Waals surface area contributed by atoms with E-state index >= 15 is 0 Å². The monoisotopic (exact) mass is 826 g/mol. The van der Waals surface area contributed by atoms with Crippen LogP contribution in [0.25, 0.3) is 28.1 Å². The fourth-order valence-electron chi connectivity index (χ4n) is 6.95. The van der Waals surface area contributed by atoms with Gasteiger partial charge < -0.3 is 19.3 Å². The first-order valence-electron chi connectivity index (χ1n) is 18.5. The summed E-state index contributed by atoms with van der Waals surface area (Å²) in [5.74, 6) is 0.804.